The normalized spacial score (nSPS) is 24.6. The standard InChI is InChI=1S/C37H69O12P/c1-3-5-7-9-11-12-13-14-15-16-17-18-19-21-23-25-27-46-28-30(48-31(38)26-24-22-20-10-8-6-4-2)29-47-50(44,45)49-37-35(42)33(40)32(39)34(41)36(37)43/h11-12,14-15,30,32-37,39-43H,3-10,13,16-29H2,1-2H3,(H,44,45)/b12-11-,15-14-. The number of phosphoric acid groups is 1. The van der Waals surface area contributed by atoms with Crippen LogP contribution in [0.25, 0.3) is 0 Å². The monoisotopic (exact) mass is 736 g/mol. The van der Waals surface area contributed by atoms with Crippen molar-refractivity contribution in [3.8, 4) is 0 Å². The molecule has 6 unspecified atom stereocenters. The van der Waals surface area contributed by atoms with E-state index in [1.807, 2.05) is 0 Å². The summed E-state index contributed by atoms with van der Waals surface area (Å²) in [5.41, 5.74) is 0. The molecule has 0 aliphatic heterocycles. The Balaban J connectivity index is 2.43. The number of allylic oxidation sites excluding steroid dienone is 4. The third-order valence-electron chi connectivity index (χ3n) is 8.83. The van der Waals surface area contributed by atoms with Gasteiger partial charge in [0.2, 0.25) is 0 Å². The predicted molar refractivity (Wildman–Crippen MR) is 193 cm³/mol. The van der Waals surface area contributed by atoms with Crippen molar-refractivity contribution in [1.82, 2.24) is 0 Å². The van der Waals surface area contributed by atoms with Crippen molar-refractivity contribution in [2.24, 2.45) is 0 Å². The van der Waals surface area contributed by atoms with Crippen molar-refractivity contribution in [2.45, 2.75) is 185 Å². The van der Waals surface area contributed by atoms with Gasteiger partial charge in [-0.3, -0.25) is 13.8 Å². The van der Waals surface area contributed by atoms with Gasteiger partial charge in [0, 0.05) is 13.0 Å². The summed E-state index contributed by atoms with van der Waals surface area (Å²) in [6.07, 6.45) is 17.1. The van der Waals surface area contributed by atoms with E-state index in [4.69, 9.17) is 18.5 Å². The molecule has 294 valence electrons. The van der Waals surface area contributed by atoms with Crippen molar-refractivity contribution in [3.05, 3.63) is 24.3 Å². The van der Waals surface area contributed by atoms with E-state index in [-0.39, 0.29) is 13.0 Å². The predicted octanol–water partition coefficient (Wildman–Crippen LogP) is 6.19. The molecule has 1 rings (SSSR count). The second kappa shape index (κ2) is 29.3. The topological polar surface area (TPSA) is 192 Å². The number of unbranched alkanes of at least 4 members (excludes halogenated alkanes) is 15. The van der Waals surface area contributed by atoms with Crippen molar-refractivity contribution < 1.29 is 58.3 Å². The van der Waals surface area contributed by atoms with E-state index >= 15 is 0 Å². The zero-order chi connectivity index (χ0) is 37.0. The fourth-order valence-electron chi connectivity index (χ4n) is 5.68. The smallest absolute Gasteiger partial charge is 0.457 e. The van der Waals surface area contributed by atoms with E-state index < -0.39 is 63.1 Å². The Morgan fingerprint density at radius 2 is 1.12 bits per heavy atom. The van der Waals surface area contributed by atoms with E-state index in [0.717, 1.165) is 64.2 Å². The van der Waals surface area contributed by atoms with Crippen molar-refractivity contribution in [2.75, 3.05) is 19.8 Å². The average molecular weight is 737 g/mol. The second-order valence-electron chi connectivity index (χ2n) is 13.4. The van der Waals surface area contributed by atoms with Crippen LogP contribution in [0.1, 0.15) is 142 Å². The van der Waals surface area contributed by atoms with Gasteiger partial charge in [0.05, 0.1) is 13.2 Å². The number of hydrogen-bond acceptors (Lipinski definition) is 11. The SMILES string of the molecule is CCCCC/C=C\C/C=C\CCCCCCCCOCC(COP(=O)(O)OC1C(O)C(O)C(O)C(O)C1O)OC(=O)CCCCCCCCC. The first kappa shape index (κ1) is 46.8. The molecule has 1 aliphatic carbocycles. The number of aliphatic hydroxyl groups excluding tert-OH is 5. The Morgan fingerprint density at radius 1 is 0.640 bits per heavy atom. The van der Waals surface area contributed by atoms with Crippen molar-refractivity contribution in [3.63, 3.8) is 0 Å². The average Bonchev–Trinajstić information content (AvgIpc) is 3.09. The van der Waals surface area contributed by atoms with Crippen LogP contribution in [0.4, 0.5) is 0 Å². The highest BCUT2D eigenvalue weighted by Gasteiger charge is 2.51. The van der Waals surface area contributed by atoms with Gasteiger partial charge < -0.3 is 39.9 Å². The fourth-order valence-corrected chi connectivity index (χ4v) is 6.65. The van der Waals surface area contributed by atoms with Crippen LogP contribution < -0.4 is 0 Å². The lowest BCUT2D eigenvalue weighted by atomic mass is 9.85. The summed E-state index contributed by atoms with van der Waals surface area (Å²) in [6.45, 7) is 4.12. The number of ether oxygens (including phenoxy) is 2. The number of esters is 1. The summed E-state index contributed by atoms with van der Waals surface area (Å²) < 4.78 is 33.8. The lowest BCUT2D eigenvalue weighted by Crippen LogP contribution is -2.64. The lowest BCUT2D eigenvalue weighted by molar-refractivity contribution is -0.220. The minimum Gasteiger partial charge on any atom is -0.457 e. The largest absolute Gasteiger partial charge is 0.472 e. The Kier molecular flexibility index (Phi) is 27.4. The molecule has 0 heterocycles. The van der Waals surface area contributed by atoms with Crippen LogP contribution >= 0.6 is 7.82 Å². The van der Waals surface area contributed by atoms with Crippen LogP contribution in [0.3, 0.4) is 0 Å². The molecule has 0 radical (unpaired) electrons. The molecular weight excluding hydrogens is 667 g/mol. The van der Waals surface area contributed by atoms with Gasteiger partial charge in [0.25, 0.3) is 0 Å². The van der Waals surface area contributed by atoms with Crippen LogP contribution in [0, 0.1) is 0 Å². The van der Waals surface area contributed by atoms with Crippen LogP contribution in [0.5, 0.6) is 0 Å². The van der Waals surface area contributed by atoms with Gasteiger partial charge in [-0.1, -0.05) is 115 Å². The van der Waals surface area contributed by atoms with Gasteiger partial charge in [-0.25, -0.2) is 4.57 Å². The summed E-state index contributed by atoms with van der Waals surface area (Å²) >= 11 is 0. The summed E-state index contributed by atoms with van der Waals surface area (Å²) in [5.74, 6) is -0.489. The number of rotatable bonds is 31. The maximum atomic E-state index is 12.7. The van der Waals surface area contributed by atoms with E-state index in [9.17, 15) is 39.8 Å². The first-order valence-corrected chi connectivity index (χ1v) is 20.7. The number of carbonyl (C=O) groups is 1. The molecule has 0 bridgehead atoms. The molecule has 1 fully saturated rings. The molecule has 0 spiro atoms. The molecule has 6 atom stereocenters. The quantitative estimate of drug-likeness (QED) is 0.0205. The fraction of sp³-hybridized carbons (Fsp3) is 0.865. The third-order valence-corrected chi connectivity index (χ3v) is 9.81. The second-order valence-corrected chi connectivity index (χ2v) is 14.8. The highest BCUT2D eigenvalue weighted by atomic mass is 31.2. The summed E-state index contributed by atoms with van der Waals surface area (Å²) in [5, 5.41) is 49.8. The molecule has 0 aromatic rings. The Bertz CT molecular complexity index is 931. The van der Waals surface area contributed by atoms with Gasteiger partial charge in [0.1, 0.15) is 42.7 Å². The molecule has 13 heteroatoms. The summed E-state index contributed by atoms with van der Waals surface area (Å²) in [4.78, 5) is 22.9. The van der Waals surface area contributed by atoms with Gasteiger partial charge in [-0.05, 0) is 44.9 Å². The maximum absolute atomic E-state index is 12.7. The Hall–Kier alpha value is -1.18. The minimum absolute atomic E-state index is 0.0820. The van der Waals surface area contributed by atoms with Gasteiger partial charge in [0.15, 0.2) is 0 Å². The zero-order valence-electron chi connectivity index (χ0n) is 30.7. The lowest BCUT2D eigenvalue weighted by Gasteiger charge is -2.41. The van der Waals surface area contributed by atoms with E-state index in [1.165, 1.54) is 51.4 Å². The molecule has 1 aliphatic rings. The molecule has 6 N–H and O–H groups in total. The van der Waals surface area contributed by atoms with Crippen LogP contribution in [-0.4, -0.2) is 98.9 Å². The van der Waals surface area contributed by atoms with E-state index in [0.29, 0.717) is 13.0 Å². The minimum atomic E-state index is -5.00. The Labute approximate surface area is 300 Å². The zero-order valence-corrected chi connectivity index (χ0v) is 31.6. The molecule has 0 aromatic heterocycles. The van der Waals surface area contributed by atoms with Crippen molar-refractivity contribution in [1.29, 1.82) is 0 Å². The van der Waals surface area contributed by atoms with Crippen LogP contribution in [0.15, 0.2) is 24.3 Å². The number of hydrogen-bond donors (Lipinski definition) is 6. The van der Waals surface area contributed by atoms with Gasteiger partial charge >= 0.3 is 13.8 Å². The summed E-state index contributed by atoms with van der Waals surface area (Å²) in [6, 6.07) is 0. The highest BCUT2D eigenvalue weighted by Crippen LogP contribution is 2.47. The molecule has 1 saturated carbocycles. The third kappa shape index (κ3) is 22.0. The first-order chi connectivity index (χ1) is 24.0. The first-order valence-electron chi connectivity index (χ1n) is 19.2. The number of aliphatic hydroxyl groups is 5. The molecule has 12 nitrogen and oxygen atoms in total. The molecule has 0 aromatic carbocycles. The molecular formula is C37H69O12P. The number of carbonyl (C=O) groups excluding carboxylic acids is 1. The molecule has 0 saturated heterocycles. The van der Waals surface area contributed by atoms with E-state index in [2.05, 4.69) is 38.2 Å². The summed E-state index contributed by atoms with van der Waals surface area (Å²) in [7, 11) is -5.00. The van der Waals surface area contributed by atoms with Gasteiger partial charge in [-0.15, -0.1) is 0 Å². The number of phosphoric ester groups is 1. The molecule has 0 amide bonds. The highest BCUT2D eigenvalue weighted by molar-refractivity contribution is 7.47. The van der Waals surface area contributed by atoms with Crippen molar-refractivity contribution >= 4 is 13.8 Å². The van der Waals surface area contributed by atoms with Gasteiger partial charge in [-0.2, -0.15) is 0 Å². The maximum Gasteiger partial charge on any atom is 0.472 e. The Morgan fingerprint density at radius 3 is 1.72 bits per heavy atom. The van der Waals surface area contributed by atoms with E-state index in [1.54, 1.807) is 0 Å². The molecule has 50 heavy (non-hydrogen) atoms. The van der Waals surface area contributed by atoms with Crippen LogP contribution in [-0.2, 0) is 27.9 Å². The van der Waals surface area contributed by atoms with Crippen LogP contribution in [0.2, 0.25) is 0 Å².